The molecule has 31 heavy (non-hydrogen) atoms. The van der Waals surface area contributed by atoms with Gasteiger partial charge in [-0.05, 0) is 30.3 Å². The maximum Gasteiger partial charge on any atom is 0.243 e. The molecule has 0 amide bonds. The van der Waals surface area contributed by atoms with Gasteiger partial charge in [-0.15, -0.1) is 0 Å². The molecule has 1 saturated heterocycles. The van der Waals surface area contributed by atoms with Crippen LogP contribution in [0.15, 0.2) is 51.9 Å². The Labute approximate surface area is 180 Å². The predicted molar refractivity (Wildman–Crippen MR) is 113 cm³/mol. The van der Waals surface area contributed by atoms with E-state index in [0.29, 0.717) is 42.4 Å². The number of aromatic nitrogens is 2. The van der Waals surface area contributed by atoms with Gasteiger partial charge in [-0.1, -0.05) is 24.2 Å². The van der Waals surface area contributed by atoms with Crippen molar-refractivity contribution in [3.63, 3.8) is 0 Å². The van der Waals surface area contributed by atoms with Crippen LogP contribution in [0.1, 0.15) is 12.8 Å². The molecule has 2 heterocycles. The second-order valence-electron chi connectivity index (χ2n) is 7.07. The Hall–Kier alpha value is -2.98. The lowest BCUT2D eigenvalue weighted by Crippen LogP contribution is -2.48. The summed E-state index contributed by atoms with van der Waals surface area (Å²) in [4.78, 5) is 6.26. The summed E-state index contributed by atoms with van der Waals surface area (Å²) in [5, 5.41) is 3.94. The Balaban J connectivity index is 1.58. The lowest BCUT2D eigenvalue weighted by molar-refractivity contribution is 0.381. The quantitative estimate of drug-likeness (QED) is 0.575. The summed E-state index contributed by atoms with van der Waals surface area (Å²) in [6, 6.07) is 11.1. The van der Waals surface area contributed by atoms with Gasteiger partial charge in [-0.25, -0.2) is 12.8 Å². The number of benzene rings is 2. The first-order chi connectivity index (χ1) is 14.9. The summed E-state index contributed by atoms with van der Waals surface area (Å²) in [5.74, 6) is 0.863. The van der Waals surface area contributed by atoms with Gasteiger partial charge >= 0.3 is 0 Å². The molecule has 0 saturated carbocycles. The second kappa shape index (κ2) is 8.64. The Morgan fingerprint density at radius 1 is 1.13 bits per heavy atom. The molecule has 1 aliphatic heterocycles. The zero-order valence-electron chi connectivity index (χ0n) is 17.3. The Bertz CT molecular complexity index is 1170. The predicted octanol–water partition coefficient (Wildman–Crippen LogP) is 2.96. The average Bonchev–Trinajstić information content (AvgIpc) is 3.28. The molecule has 0 radical (unpaired) electrons. The van der Waals surface area contributed by atoms with Crippen molar-refractivity contribution >= 4 is 15.7 Å². The number of para-hydroxylation sites is 1. The molecule has 3 aromatic rings. The first-order valence-corrected chi connectivity index (χ1v) is 11.4. The summed E-state index contributed by atoms with van der Waals surface area (Å²) in [5.41, 5.74) is 0.923. The number of aryl methyl sites for hydroxylation is 1. The highest BCUT2D eigenvalue weighted by molar-refractivity contribution is 7.89. The number of rotatable bonds is 6. The summed E-state index contributed by atoms with van der Waals surface area (Å²) in [6.07, 6.45) is 0.569. The SMILES string of the molecule is CCc1nc(-c2cc(S(=O)(=O)N3CCN(c4ccccc4F)CC3)ccc2OC)no1. The molecule has 1 aromatic heterocycles. The molecular formula is C21H23FN4O4S. The molecule has 1 fully saturated rings. The molecular weight excluding hydrogens is 423 g/mol. The van der Waals surface area contributed by atoms with Crippen molar-refractivity contribution < 1.29 is 22.1 Å². The number of halogens is 1. The third kappa shape index (κ3) is 4.13. The summed E-state index contributed by atoms with van der Waals surface area (Å²) in [6.45, 7) is 3.18. The van der Waals surface area contributed by atoms with Crippen LogP contribution in [0.4, 0.5) is 10.1 Å². The molecule has 0 spiro atoms. The molecule has 164 valence electrons. The maximum atomic E-state index is 14.1. The monoisotopic (exact) mass is 446 g/mol. The van der Waals surface area contributed by atoms with E-state index in [9.17, 15) is 12.8 Å². The van der Waals surface area contributed by atoms with E-state index in [0.717, 1.165) is 0 Å². The first kappa shape index (κ1) is 21.3. The highest BCUT2D eigenvalue weighted by Crippen LogP contribution is 2.32. The van der Waals surface area contributed by atoms with Gasteiger partial charge in [0, 0.05) is 32.6 Å². The van der Waals surface area contributed by atoms with Crippen molar-refractivity contribution in [2.24, 2.45) is 0 Å². The smallest absolute Gasteiger partial charge is 0.243 e. The van der Waals surface area contributed by atoms with Crippen LogP contribution in [0, 0.1) is 5.82 Å². The van der Waals surface area contributed by atoms with E-state index >= 15 is 0 Å². The summed E-state index contributed by atoms with van der Waals surface area (Å²) >= 11 is 0. The molecule has 10 heteroatoms. The van der Waals surface area contributed by atoms with Crippen LogP contribution >= 0.6 is 0 Å². The van der Waals surface area contributed by atoms with Crippen LogP contribution in [0.25, 0.3) is 11.4 Å². The highest BCUT2D eigenvalue weighted by atomic mass is 32.2. The fraction of sp³-hybridized carbons (Fsp3) is 0.333. The van der Waals surface area contributed by atoms with E-state index in [-0.39, 0.29) is 29.6 Å². The molecule has 8 nitrogen and oxygen atoms in total. The van der Waals surface area contributed by atoms with Crippen molar-refractivity contribution in [3.05, 3.63) is 54.2 Å². The minimum absolute atomic E-state index is 0.116. The van der Waals surface area contributed by atoms with Crippen LogP contribution in [0.3, 0.4) is 0 Å². The summed E-state index contributed by atoms with van der Waals surface area (Å²) < 4.78 is 52.5. The molecule has 2 aromatic carbocycles. The van der Waals surface area contributed by atoms with E-state index in [4.69, 9.17) is 9.26 Å². The van der Waals surface area contributed by atoms with Crippen LogP contribution in [0.5, 0.6) is 5.75 Å². The van der Waals surface area contributed by atoms with Gasteiger partial charge < -0.3 is 14.2 Å². The Morgan fingerprint density at radius 3 is 2.52 bits per heavy atom. The molecule has 0 bridgehead atoms. The average molecular weight is 447 g/mol. The number of nitrogens with zero attached hydrogens (tertiary/aromatic N) is 4. The number of ether oxygens (including phenoxy) is 1. The van der Waals surface area contributed by atoms with Crippen LogP contribution in [-0.2, 0) is 16.4 Å². The third-order valence-electron chi connectivity index (χ3n) is 5.25. The van der Waals surface area contributed by atoms with E-state index < -0.39 is 10.0 Å². The van der Waals surface area contributed by atoms with Gasteiger partial charge in [-0.2, -0.15) is 9.29 Å². The molecule has 4 rings (SSSR count). The van der Waals surface area contributed by atoms with Crippen molar-refractivity contribution in [1.29, 1.82) is 0 Å². The second-order valence-corrected chi connectivity index (χ2v) is 9.01. The van der Waals surface area contributed by atoms with Crippen molar-refractivity contribution in [1.82, 2.24) is 14.4 Å². The topological polar surface area (TPSA) is 88.8 Å². The van der Waals surface area contributed by atoms with Crippen molar-refractivity contribution in [2.75, 3.05) is 38.2 Å². The van der Waals surface area contributed by atoms with Crippen LogP contribution < -0.4 is 9.64 Å². The largest absolute Gasteiger partial charge is 0.496 e. The lowest BCUT2D eigenvalue weighted by atomic mass is 10.2. The standard InChI is InChI=1S/C21H23FN4O4S/c1-3-20-23-21(24-30-20)16-14-15(8-9-19(16)29-2)31(27,28)26-12-10-25(11-13-26)18-7-5-4-6-17(18)22/h4-9,14H,3,10-13H2,1-2H3. The van der Waals surface area contributed by atoms with Gasteiger partial charge in [-0.3, -0.25) is 0 Å². The normalized spacial score (nSPS) is 15.3. The number of methoxy groups -OCH3 is 1. The molecule has 0 unspecified atom stereocenters. The maximum absolute atomic E-state index is 14.1. The highest BCUT2D eigenvalue weighted by Gasteiger charge is 2.30. The number of piperazine rings is 1. The molecule has 0 N–H and O–H groups in total. The van der Waals surface area contributed by atoms with Crippen LogP contribution in [0.2, 0.25) is 0 Å². The Morgan fingerprint density at radius 2 is 1.87 bits per heavy atom. The lowest BCUT2D eigenvalue weighted by Gasteiger charge is -2.35. The molecule has 0 atom stereocenters. The molecule has 1 aliphatic rings. The minimum Gasteiger partial charge on any atom is -0.496 e. The number of hydrogen-bond acceptors (Lipinski definition) is 7. The van der Waals surface area contributed by atoms with Gasteiger partial charge in [0.15, 0.2) is 0 Å². The van der Waals surface area contributed by atoms with Crippen molar-refractivity contribution in [2.45, 2.75) is 18.2 Å². The minimum atomic E-state index is -3.76. The summed E-state index contributed by atoms with van der Waals surface area (Å²) in [7, 11) is -2.27. The van der Waals surface area contributed by atoms with E-state index in [1.54, 1.807) is 24.3 Å². The third-order valence-corrected chi connectivity index (χ3v) is 7.15. The van der Waals surface area contributed by atoms with E-state index in [1.165, 1.54) is 29.6 Å². The van der Waals surface area contributed by atoms with Crippen molar-refractivity contribution in [3.8, 4) is 17.1 Å². The van der Waals surface area contributed by atoms with E-state index in [2.05, 4.69) is 10.1 Å². The van der Waals surface area contributed by atoms with Crippen LogP contribution in [-0.4, -0.2) is 56.2 Å². The molecule has 0 aliphatic carbocycles. The Kier molecular flexibility index (Phi) is 5.92. The zero-order valence-corrected chi connectivity index (χ0v) is 18.1. The van der Waals surface area contributed by atoms with E-state index in [1.807, 2.05) is 11.8 Å². The zero-order chi connectivity index (χ0) is 22.0. The first-order valence-electron chi connectivity index (χ1n) is 9.94. The number of anilines is 1. The van der Waals surface area contributed by atoms with Gasteiger partial charge in [0.2, 0.25) is 21.7 Å². The fourth-order valence-electron chi connectivity index (χ4n) is 3.56. The van der Waals surface area contributed by atoms with Gasteiger partial charge in [0.1, 0.15) is 11.6 Å². The fourth-order valence-corrected chi connectivity index (χ4v) is 5.01. The number of sulfonamides is 1. The number of hydrogen-bond donors (Lipinski definition) is 0. The van der Waals surface area contributed by atoms with Gasteiger partial charge in [0.25, 0.3) is 0 Å². The van der Waals surface area contributed by atoms with Gasteiger partial charge in [0.05, 0.1) is 23.3 Å².